The third kappa shape index (κ3) is 4.90. The van der Waals surface area contributed by atoms with Crippen molar-refractivity contribution < 1.29 is 9.53 Å². The third-order valence-corrected chi connectivity index (χ3v) is 8.18. The number of carbonyl (C=O) groups excluding carboxylic acids is 1. The van der Waals surface area contributed by atoms with Gasteiger partial charge >= 0.3 is 0 Å². The number of carbonyl (C=O) groups is 1. The summed E-state index contributed by atoms with van der Waals surface area (Å²) in [5.74, 6) is 2.05. The summed E-state index contributed by atoms with van der Waals surface area (Å²) in [6, 6.07) is 22.4. The maximum absolute atomic E-state index is 13.2. The number of likely N-dealkylation sites (tertiary alicyclic amines) is 2. The Kier molecular flexibility index (Phi) is 6.74. The molecule has 0 N–H and O–H groups in total. The number of para-hydroxylation sites is 1. The fourth-order valence-corrected chi connectivity index (χ4v) is 6.16. The van der Waals surface area contributed by atoms with E-state index in [1.54, 1.807) is 0 Å². The number of ether oxygens (including phenoxy) is 1. The Labute approximate surface area is 226 Å². The molecule has 2 fully saturated rings. The van der Waals surface area contributed by atoms with Crippen molar-refractivity contribution in [3.63, 3.8) is 0 Å². The Balaban J connectivity index is 1.14. The number of fused-ring (bicyclic) bond motifs is 2. The summed E-state index contributed by atoms with van der Waals surface area (Å²) >= 11 is 3.55. The number of rotatable bonds is 7. The molecule has 0 bridgehead atoms. The number of halogens is 1. The highest BCUT2D eigenvalue weighted by atomic mass is 79.9. The van der Waals surface area contributed by atoms with E-state index in [2.05, 4.69) is 72.7 Å². The van der Waals surface area contributed by atoms with Crippen LogP contribution in [0, 0.1) is 11.8 Å². The first-order valence-electron chi connectivity index (χ1n) is 13.0. The summed E-state index contributed by atoms with van der Waals surface area (Å²) in [5.41, 5.74) is 5.34. The second kappa shape index (κ2) is 10.3. The van der Waals surface area contributed by atoms with Gasteiger partial charge in [-0.25, -0.2) is 4.98 Å². The average molecular weight is 560 g/mol. The standard InChI is InChI=1S/C30H31BrN4O2/c1-2-37-27-8-4-3-7-22(27)15-29(36)34-18-23-16-33(17-24(23)19-34)20-26-30(21-10-12-25(31)13-11-21)32-28-9-5-6-14-35(26)28/h3-14,23-24H,2,15-20H2,1H3. The van der Waals surface area contributed by atoms with Gasteiger partial charge in [0.25, 0.3) is 0 Å². The molecule has 4 aromatic rings. The molecule has 6 rings (SSSR count). The van der Waals surface area contributed by atoms with E-state index < -0.39 is 0 Å². The Bertz CT molecular complexity index is 1400. The molecule has 37 heavy (non-hydrogen) atoms. The molecule has 2 atom stereocenters. The highest BCUT2D eigenvalue weighted by Crippen LogP contribution is 2.34. The molecule has 0 radical (unpaired) electrons. The van der Waals surface area contributed by atoms with E-state index in [0.29, 0.717) is 24.9 Å². The molecule has 2 aliphatic heterocycles. The van der Waals surface area contributed by atoms with Gasteiger partial charge in [0.1, 0.15) is 11.4 Å². The van der Waals surface area contributed by atoms with Gasteiger partial charge in [0.15, 0.2) is 0 Å². The number of imidazole rings is 1. The van der Waals surface area contributed by atoms with Gasteiger partial charge in [-0.1, -0.05) is 52.3 Å². The molecule has 7 heteroatoms. The molecule has 2 aromatic heterocycles. The maximum atomic E-state index is 13.2. The fourth-order valence-electron chi connectivity index (χ4n) is 5.89. The summed E-state index contributed by atoms with van der Waals surface area (Å²) in [4.78, 5) is 22.7. The minimum atomic E-state index is 0.201. The first-order chi connectivity index (χ1) is 18.1. The van der Waals surface area contributed by atoms with Gasteiger partial charge in [-0.2, -0.15) is 0 Å². The SMILES string of the molecule is CCOc1ccccc1CC(=O)N1CC2CN(Cc3c(-c4ccc(Br)cc4)nc4ccccn34)CC2C1. The van der Waals surface area contributed by atoms with Gasteiger partial charge in [-0.3, -0.25) is 9.69 Å². The lowest BCUT2D eigenvalue weighted by atomic mass is 10.0. The molecule has 0 saturated carbocycles. The lowest BCUT2D eigenvalue weighted by Gasteiger charge is -2.22. The van der Waals surface area contributed by atoms with Crippen molar-refractivity contribution in [2.45, 2.75) is 19.9 Å². The van der Waals surface area contributed by atoms with Crippen molar-refractivity contribution in [2.24, 2.45) is 11.8 Å². The van der Waals surface area contributed by atoms with Crippen molar-refractivity contribution in [1.29, 1.82) is 0 Å². The van der Waals surface area contributed by atoms with Gasteiger partial charge in [0, 0.05) is 54.5 Å². The smallest absolute Gasteiger partial charge is 0.227 e. The summed E-state index contributed by atoms with van der Waals surface area (Å²) in [7, 11) is 0. The van der Waals surface area contributed by atoms with E-state index in [9.17, 15) is 4.79 Å². The highest BCUT2D eigenvalue weighted by molar-refractivity contribution is 9.10. The van der Waals surface area contributed by atoms with Gasteiger partial charge in [0.2, 0.25) is 5.91 Å². The van der Waals surface area contributed by atoms with E-state index in [4.69, 9.17) is 9.72 Å². The molecule has 2 aliphatic rings. The lowest BCUT2D eigenvalue weighted by Crippen LogP contribution is -2.34. The zero-order chi connectivity index (χ0) is 25.4. The van der Waals surface area contributed by atoms with Crippen LogP contribution < -0.4 is 4.74 Å². The number of hydrogen-bond acceptors (Lipinski definition) is 4. The number of aromatic nitrogens is 2. The fraction of sp³-hybridized carbons (Fsp3) is 0.333. The average Bonchev–Trinajstić information content (AvgIpc) is 3.58. The van der Waals surface area contributed by atoms with E-state index in [-0.39, 0.29) is 5.91 Å². The van der Waals surface area contributed by atoms with Crippen molar-refractivity contribution in [1.82, 2.24) is 19.2 Å². The summed E-state index contributed by atoms with van der Waals surface area (Å²) in [6.07, 6.45) is 2.51. The Morgan fingerprint density at radius 2 is 1.70 bits per heavy atom. The second-order valence-electron chi connectivity index (χ2n) is 10.1. The maximum Gasteiger partial charge on any atom is 0.227 e. The number of pyridine rings is 1. The molecule has 0 spiro atoms. The van der Waals surface area contributed by atoms with Crippen LogP contribution in [-0.4, -0.2) is 57.9 Å². The minimum Gasteiger partial charge on any atom is -0.494 e. The molecular weight excluding hydrogens is 528 g/mol. The molecule has 190 valence electrons. The van der Waals surface area contributed by atoms with Crippen molar-refractivity contribution in [3.05, 3.63) is 88.7 Å². The number of nitrogens with zero attached hydrogens (tertiary/aromatic N) is 4. The first-order valence-corrected chi connectivity index (χ1v) is 13.8. The van der Waals surface area contributed by atoms with E-state index >= 15 is 0 Å². The Morgan fingerprint density at radius 3 is 2.46 bits per heavy atom. The molecule has 6 nitrogen and oxygen atoms in total. The molecular formula is C30H31BrN4O2. The topological polar surface area (TPSA) is 50.1 Å². The van der Waals surface area contributed by atoms with Crippen LogP contribution in [-0.2, 0) is 17.8 Å². The van der Waals surface area contributed by atoms with Crippen molar-refractivity contribution >= 4 is 27.5 Å². The Hall–Kier alpha value is -3.16. The summed E-state index contributed by atoms with van der Waals surface area (Å²) < 4.78 is 9.01. The van der Waals surface area contributed by atoms with Crippen LogP contribution in [0.5, 0.6) is 5.75 Å². The Morgan fingerprint density at radius 1 is 0.973 bits per heavy atom. The minimum absolute atomic E-state index is 0.201. The monoisotopic (exact) mass is 558 g/mol. The van der Waals surface area contributed by atoms with Crippen molar-refractivity contribution in [2.75, 3.05) is 32.8 Å². The molecule has 2 saturated heterocycles. The highest BCUT2D eigenvalue weighted by Gasteiger charge is 2.41. The van der Waals surface area contributed by atoms with Crippen LogP contribution in [0.2, 0.25) is 0 Å². The van der Waals surface area contributed by atoms with Crippen LogP contribution in [0.15, 0.2) is 77.4 Å². The van der Waals surface area contributed by atoms with Gasteiger partial charge in [0.05, 0.1) is 24.4 Å². The first kappa shape index (κ1) is 24.2. The van der Waals surface area contributed by atoms with Crippen LogP contribution in [0.4, 0.5) is 0 Å². The molecule has 2 unspecified atom stereocenters. The lowest BCUT2D eigenvalue weighted by molar-refractivity contribution is -0.129. The number of benzene rings is 2. The van der Waals surface area contributed by atoms with Gasteiger partial charge < -0.3 is 14.0 Å². The molecule has 1 amide bonds. The van der Waals surface area contributed by atoms with E-state index in [1.807, 2.05) is 37.3 Å². The van der Waals surface area contributed by atoms with Gasteiger partial charge in [-0.15, -0.1) is 0 Å². The predicted molar refractivity (Wildman–Crippen MR) is 148 cm³/mol. The van der Waals surface area contributed by atoms with Crippen molar-refractivity contribution in [3.8, 4) is 17.0 Å². The number of amides is 1. The van der Waals surface area contributed by atoms with Crippen LogP contribution in [0.3, 0.4) is 0 Å². The van der Waals surface area contributed by atoms with Crippen LogP contribution >= 0.6 is 15.9 Å². The largest absolute Gasteiger partial charge is 0.494 e. The van der Waals surface area contributed by atoms with Gasteiger partial charge in [-0.05, 0) is 49.1 Å². The summed E-state index contributed by atoms with van der Waals surface area (Å²) in [6.45, 7) is 7.10. The quantitative estimate of drug-likeness (QED) is 0.309. The zero-order valence-electron chi connectivity index (χ0n) is 21.0. The zero-order valence-corrected chi connectivity index (χ0v) is 22.6. The van der Waals surface area contributed by atoms with Crippen LogP contribution in [0.25, 0.3) is 16.9 Å². The second-order valence-corrected chi connectivity index (χ2v) is 11.0. The molecule has 2 aromatic carbocycles. The number of hydrogen-bond donors (Lipinski definition) is 0. The molecule has 4 heterocycles. The van der Waals surface area contributed by atoms with E-state index in [1.165, 1.54) is 5.69 Å². The van der Waals surface area contributed by atoms with Crippen LogP contribution in [0.1, 0.15) is 18.2 Å². The molecule has 0 aliphatic carbocycles. The van der Waals surface area contributed by atoms with E-state index in [0.717, 1.165) is 65.4 Å². The summed E-state index contributed by atoms with van der Waals surface area (Å²) in [5, 5.41) is 0. The normalized spacial score (nSPS) is 19.5. The predicted octanol–water partition coefficient (Wildman–Crippen LogP) is 5.30. The third-order valence-electron chi connectivity index (χ3n) is 7.65.